The van der Waals surface area contributed by atoms with Crippen LogP contribution in [0.5, 0.6) is 0 Å². The Balaban J connectivity index is 2.03. The van der Waals surface area contributed by atoms with Gasteiger partial charge in [0.2, 0.25) is 0 Å². The molecule has 2 rings (SSSR count). The fraction of sp³-hybridized carbons (Fsp3) is 0.632. The summed E-state index contributed by atoms with van der Waals surface area (Å²) in [6, 6.07) is 9.26. The third-order valence-electron chi connectivity index (χ3n) is 5.04. The molecule has 3 atom stereocenters. The van der Waals surface area contributed by atoms with Crippen molar-refractivity contribution in [2.24, 2.45) is 11.8 Å². The molecule has 116 valence electrons. The highest BCUT2D eigenvalue weighted by atomic mass is 32.1. The van der Waals surface area contributed by atoms with E-state index >= 15 is 0 Å². The van der Waals surface area contributed by atoms with E-state index in [9.17, 15) is 0 Å². The predicted octanol–water partition coefficient (Wildman–Crippen LogP) is 5.07. The maximum atomic E-state index is 5.62. The lowest BCUT2D eigenvalue weighted by Crippen LogP contribution is -2.43. The Kier molecular flexibility index (Phi) is 5.08. The minimum Gasteiger partial charge on any atom is -0.373 e. The first-order valence-electron chi connectivity index (χ1n) is 8.20. The Morgan fingerprint density at radius 2 is 1.71 bits per heavy atom. The van der Waals surface area contributed by atoms with Crippen LogP contribution >= 0.6 is 12.2 Å². The van der Waals surface area contributed by atoms with Crippen molar-refractivity contribution in [3.63, 3.8) is 0 Å². The van der Waals surface area contributed by atoms with Crippen molar-refractivity contribution in [3.8, 4) is 0 Å². The summed E-state index contributed by atoms with van der Waals surface area (Å²) in [5.41, 5.74) is 2.69. The van der Waals surface area contributed by atoms with Gasteiger partial charge in [-0.05, 0) is 29.2 Å². The molecule has 1 aliphatic carbocycles. The van der Waals surface area contributed by atoms with Crippen LogP contribution in [0.3, 0.4) is 0 Å². The maximum Gasteiger partial charge on any atom is 0.106 e. The van der Waals surface area contributed by atoms with E-state index in [2.05, 4.69) is 64.2 Å². The Labute approximate surface area is 135 Å². The summed E-state index contributed by atoms with van der Waals surface area (Å²) in [6.07, 6.45) is 3.91. The number of benzene rings is 1. The van der Waals surface area contributed by atoms with Crippen molar-refractivity contribution in [2.75, 3.05) is 0 Å². The van der Waals surface area contributed by atoms with E-state index in [0.29, 0.717) is 12.0 Å². The van der Waals surface area contributed by atoms with Crippen molar-refractivity contribution in [1.82, 2.24) is 5.32 Å². The first kappa shape index (κ1) is 16.5. The molecule has 2 heteroatoms. The SMILES string of the molecule is C[C@@H]1[C@H](C)CCC[C@@H]1NC(=S)c1ccc(C(C)(C)C)cc1. The standard InChI is InChI=1S/C19H29NS/c1-13-7-6-8-17(14(13)2)20-18(21)15-9-11-16(12-10-15)19(3,4)5/h9-14,17H,6-8H2,1-5H3,(H,20,21)/t13-,14-,17+/m1/s1. The Hall–Kier alpha value is -0.890. The minimum absolute atomic E-state index is 0.195. The molecule has 1 N–H and O–H groups in total. The second-order valence-electron chi connectivity index (χ2n) is 7.67. The van der Waals surface area contributed by atoms with Gasteiger partial charge in [0.1, 0.15) is 4.99 Å². The average molecular weight is 304 g/mol. The fourth-order valence-corrected chi connectivity index (χ4v) is 3.45. The lowest BCUT2D eigenvalue weighted by molar-refractivity contribution is 0.225. The zero-order valence-corrected chi connectivity index (χ0v) is 14.9. The molecule has 0 aromatic heterocycles. The highest BCUT2D eigenvalue weighted by Crippen LogP contribution is 2.30. The summed E-state index contributed by atoms with van der Waals surface area (Å²) >= 11 is 5.62. The highest BCUT2D eigenvalue weighted by molar-refractivity contribution is 7.80. The van der Waals surface area contributed by atoms with Crippen LogP contribution in [0, 0.1) is 11.8 Å². The lowest BCUT2D eigenvalue weighted by Gasteiger charge is -2.35. The normalized spacial score (nSPS) is 26.4. The van der Waals surface area contributed by atoms with Crippen LogP contribution in [-0.2, 0) is 5.41 Å². The molecule has 1 nitrogen and oxygen atoms in total. The number of nitrogens with one attached hydrogen (secondary N) is 1. The van der Waals surface area contributed by atoms with E-state index in [4.69, 9.17) is 12.2 Å². The quantitative estimate of drug-likeness (QED) is 0.765. The van der Waals surface area contributed by atoms with E-state index in [1.54, 1.807) is 0 Å². The Morgan fingerprint density at radius 3 is 2.29 bits per heavy atom. The predicted molar refractivity (Wildman–Crippen MR) is 95.9 cm³/mol. The van der Waals surface area contributed by atoms with Gasteiger partial charge in [0.25, 0.3) is 0 Å². The number of hydrogen-bond acceptors (Lipinski definition) is 1. The van der Waals surface area contributed by atoms with Gasteiger partial charge in [0.15, 0.2) is 0 Å². The number of rotatable bonds is 2. The van der Waals surface area contributed by atoms with Gasteiger partial charge < -0.3 is 5.32 Å². The van der Waals surface area contributed by atoms with E-state index in [-0.39, 0.29) is 5.41 Å². The number of thiocarbonyl (C=S) groups is 1. The number of hydrogen-bond donors (Lipinski definition) is 1. The minimum atomic E-state index is 0.195. The largest absolute Gasteiger partial charge is 0.373 e. The zero-order valence-electron chi connectivity index (χ0n) is 14.1. The summed E-state index contributed by atoms with van der Waals surface area (Å²) in [7, 11) is 0. The van der Waals surface area contributed by atoms with Gasteiger partial charge in [-0.3, -0.25) is 0 Å². The Morgan fingerprint density at radius 1 is 1.10 bits per heavy atom. The summed E-state index contributed by atoms with van der Waals surface area (Å²) in [6.45, 7) is 11.4. The van der Waals surface area contributed by atoms with Crippen LogP contribution in [0.4, 0.5) is 0 Å². The van der Waals surface area contributed by atoms with E-state index < -0.39 is 0 Å². The average Bonchev–Trinajstić information content (AvgIpc) is 2.43. The van der Waals surface area contributed by atoms with Crippen molar-refractivity contribution in [2.45, 2.75) is 65.3 Å². The van der Waals surface area contributed by atoms with E-state index in [1.165, 1.54) is 24.8 Å². The smallest absolute Gasteiger partial charge is 0.106 e. The molecule has 1 aromatic rings. The molecule has 1 aliphatic rings. The van der Waals surface area contributed by atoms with Crippen LogP contribution in [0.15, 0.2) is 24.3 Å². The molecule has 1 aromatic carbocycles. The van der Waals surface area contributed by atoms with Crippen molar-refractivity contribution in [3.05, 3.63) is 35.4 Å². The van der Waals surface area contributed by atoms with Gasteiger partial charge in [-0.1, -0.05) is 83.9 Å². The molecule has 0 bridgehead atoms. The molecular weight excluding hydrogens is 274 g/mol. The van der Waals surface area contributed by atoms with Crippen LogP contribution in [0.25, 0.3) is 0 Å². The molecule has 0 unspecified atom stereocenters. The second kappa shape index (κ2) is 6.48. The zero-order chi connectivity index (χ0) is 15.6. The molecule has 1 fully saturated rings. The summed E-state index contributed by atoms with van der Waals surface area (Å²) in [5, 5.41) is 3.60. The molecule has 21 heavy (non-hydrogen) atoms. The molecule has 0 aliphatic heterocycles. The molecule has 1 saturated carbocycles. The van der Waals surface area contributed by atoms with Crippen LogP contribution in [-0.4, -0.2) is 11.0 Å². The van der Waals surface area contributed by atoms with Gasteiger partial charge >= 0.3 is 0 Å². The van der Waals surface area contributed by atoms with Crippen molar-refractivity contribution < 1.29 is 0 Å². The van der Waals surface area contributed by atoms with Gasteiger partial charge in [-0.15, -0.1) is 0 Å². The Bertz CT molecular complexity index is 483. The molecular formula is C19H29NS. The topological polar surface area (TPSA) is 12.0 Å². The first-order chi connectivity index (χ1) is 9.79. The summed E-state index contributed by atoms with van der Waals surface area (Å²) in [5.74, 6) is 1.49. The molecule has 0 heterocycles. The second-order valence-corrected chi connectivity index (χ2v) is 8.08. The third kappa shape index (κ3) is 4.06. The van der Waals surface area contributed by atoms with Crippen LogP contribution in [0.1, 0.15) is 65.0 Å². The maximum absolute atomic E-state index is 5.62. The molecule has 0 spiro atoms. The fourth-order valence-electron chi connectivity index (χ4n) is 3.16. The molecule has 0 saturated heterocycles. The van der Waals surface area contributed by atoms with Crippen molar-refractivity contribution in [1.29, 1.82) is 0 Å². The van der Waals surface area contributed by atoms with E-state index in [1.807, 2.05) is 0 Å². The summed E-state index contributed by atoms with van der Waals surface area (Å²) in [4.78, 5) is 0.904. The van der Waals surface area contributed by atoms with Crippen LogP contribution < -0.4 is 5.32 Å². The lowest BCUT2D eigenvalue weighted by atomic mass is 9.78. The molecule has 0 radical (unpaired) electrons. The van der Waals surface area contributed by atoms with Gasteiger partial charge in [0, 0.05) is 11.6 Å². The molecule has 0 amide bonds. The highest BCUT2D eigenvalue weighted by Gasteiger charge is 2.27. The third-order valence-corrected chi connectivity index (χ3v) is 5.39. The van der Waals surface area contributed by atoms with Crippen molar-refractivity contribution >= 4 is 17.2 Å². The van der Waals surface area contributed by atoms with Gasteiger partial charge in [-0.25, -0.2) is 0 Å². The van der Waals surface area contributed by atoms with Gasteiger partial charge in [-0.2, -0.15) is 0 Å². The monoisotopic (exact) mass is 303 g/mol. The first-order valence-corrected chi connectivity index (χ1v) is 8.61. The van der Waals surface area contributed by atoms with Gasteiger partial charge in [0.05, 0.1) is 0 Å². The summed E-state index contributed by atoms with van der Waals surface area (Å²) < 4.78 is 0. The van der Waals surface area contributed by atoms with Crippen LogP contribution in [0.2, 0.25) is 0 Å². The van der Waals surface area contributed by atoms with E-state index in [0.717, 1.165) is 16.5 Å².